The highest BCUT2D eigenvalue weighted by Crippen LogP contribution is 2.39. The molecule has 0 unspecified atom stereocenters. The number of hydrogen-bond donors (Lipinski definition) is 2. The van der Waals surface area contributed by atoms with Gasteiger partial charge >= 0.3 is 0 Å². The van der Waals surface area contributed by atoms with E-state index in [0.717, 1.165) is 22.4 Å². The molecular formula is C25H24ClN5O2S. The molecule has 0 spiro atoms. The van der Waals surface area contributed by atoms with Crippen molar-refractivity contribution in [1.29, 1.82) is 0 Å². The van der Waals surface area contributed by atoms with Crippen molar-refractivity contribution in [3.63, 3.8) is 0 Å². The largest absolute Gasteiger partial charge is 0.490 e. The molecule has 2 N–H and O–H groups in total. The number of hydrogen-bond acceptors (Lipinski definition) is 6. The third kappa shape index (κ3) is 5.89. The average Bonchev–Trinajstić information content (AvgIpc) is 3.54. The summed E-state index contributed by atoms with van der Waals surface area (Å²) in [5, 5.41) is 19.7. The number of tetrazole rings is 1. The van der Waals surface area contributed by atoms with Crippen molar-refractivity contribution in [1.82, 2.24) is 20.6 Å². The van der Waals surface area contributed by atoms with E-state index in [1.807, 2.05) is 23.6 Å². The molecule has 0 saturated heterocycles. The lowest BCUT2D eigenvalue weighted by atomic mass is 10.0. The van der Waals surface area contributed by atoms with Gasteiger partial charge in [-0.15, -0.1) is 21.5 Å². The highest BCUT2D eigenvalue weighted by atomic mass is 35.5. The Kier molecular flexibility index (Phi) is 8.06. The van der Waals surface area contributed by atoms with Crippen molar-refractivity contribution in [3.8, 4) is 27.6 Å². The van der Waals surface area contributed by atoms with E-state index < -0.39 is 0 Å². The van der Waals surface area contributed by atoms with E-state index in [0.29, 0.717) is 34.5 Å². The van der Waals surface area contributed by atoms with Gasteiger partial charge in [-0.1, -0.05) is 49.6 Å². The molecule has 2 aromatic carbocycles. The maximum absolute atomic E-state index is 13.0. The van der Waals surface area contributed by atoms with Gasteiger partial charge in [0.2, 0.25) is 5.82 Å². The lowest BCUT2D eigenvalue weighted by Gasteiger charge is -2.12. The zero-order chi connectivity index (χ0) is 23.8. The number of nitrogens with zero attached hydrogens (tertiary/aromatic N) is 3. The number of unbranched alkanes of at least 4 members (excludes halogenated alkanes) is 2. The standard InChI is InChI=1S/C25H24ClN5O2S/c1-2-3-4-5-6-14-33-19-10-7-17(8-11-19)25(32)27-22-16-18(26)9-12-20(22)21-13-15-34-23(21)24-28-30-31-29-24/h5-13,15-16H,2-4,14H2,1H3,(H,27,32)(H,28,29,30,31)/b6-5+. The summed E-state index contributed by atoms with van der Waals surface area (Å²) in [4.78, 5) is 13.8. The number of thiophene rings is 1. The third-order valence-electron chi connectivity index (χ3n) is 5.09. The minimum Gasteiger partial charge on any atom is -0.490 e. The molecule has 0 fully saturated rings. The number of aromatic nitrogens is 4. The van der Waals surface area contributed by atoms with Crippen LogP contribution in [0.15, 0.2) is 66.1 Å². The van der Waals surface area contributed by atoms with Crippen molar-refractivity contribution in [2.75, 3.05) is 11.9 Å². The lowest BCUT2D eigenvalue weighted by molar-refractivity contribution is 0.102. The number of H-pyrrole nitrogens is 1. The summed E-state index contributed by atoms with van der Waals surface area (Å²) >= 11 is 7.74. The SMILES string of the molecule is CCCC/C=C/COc1ccc(C(=O)Nc2cc(Cl)ccc2-c2ccsc2-c2nn[nH]n2)cc1. The minimum atomic E-state index is -0.245. The van der Waals surface area contributed by atoms with Gasteiger partial charge in [-0.25, -0.2) is 0 Å². The Morgan fingerprint density at radius 3 is 2.76 bits per heavy atom. The summed E-state index contributed by atoms with van der Waals surface area (Å²) in [5.74, 6) is 0.960. The smallest absolute Gasteiger partial charge is 0.255 e. The summed E-state index contributed by atoms with van der Waals surface area (Å²) in [6.45, 7) is 2.68. The molecule has 0 aliphatic heterocycles. The van der Waals surface area contributed by atoms with Crippen LogP contribution in [0.4, 0.5) is 5.69 Å². The van der Waals surface area contributed by atoms with Crippen molar-refractivity contribution >= 4 is 34.5 Å². The molecule has 34 heavy (non-hydrogen) atoms. The molecule has 0 radical (unpaired) electrons. The van der Waals surface area contributed by atoms with Gasteiger partial charge < -0.3 is 10.1 Å². The van der Waals surface area contributed by atoms with E-state index in [4.69, 9.17) is 16.3 Å². The molecular weight excluding hydrogens is 470 g/mol. The van der Waals surface area contributed by atoms with Gasteiger partial charge in [-0.2, -0.15) is 5.21 Å². The molecule has 7 nitrogen and oxygen atoms in total. The number of nitrogens with one attached hydrogen (secondary N) is 2. The van der Waals surface area contributed by atoms with Crippen LogP contribution < -0.4 is 10.1 Å². The molecule has 0 atom stereocenters. The Labute approximate surface area is 206 Å². The normalized spacial score (nSPS) is 11.1. The topological polar surface area (TPSA) is 92.8 Å². The van der Waals surface area contributed by atoms with E-state index in [1.54, 1.807) is 36.4 Å². The second kappa shape index (κ2) is 11.6. The summed E-state index contributed by atoms with van der Waals surface area (Å²) in [5.41, 5.74) is 2.81. The van der Waals surface area contributed by atoms with E-state index in [1.165, 1.54) is 24.2 Å². The Morgan fingerprint density at radius 2 is 2.00 bits per heavy atom. The van der Waals surface area contributed by atoms with Gasteiger partial charge in [0.1, 0.15) is 12.4 Å². The van der Waals surface area contributed by atoms with Crippen LogP contribution in [0.2, 0.25) is 5.02 Å². The van der Waals surface area contributed by atoms with E-state index in [2.05, 4.69) is 38.9 Å². The van der Waals surface area contributed by atoms with E-state index in [9.17, 15) is 4.79 Å². The summed E-state index contributed by atoms with van der Waals surface area (Å²) in [7, 11) is 0. The maximum atomic E-state index is 13.0. The molecule has 4 aromatic rings. The molecule has 2 aromatic heterocycles. The number of ether oxygens (including phenoxy) is 1. The zero-order valence-electron chi connectivity index (χ0n) is 18.6. The number of anilines is 1. The molecule has 0 bridgehead atoms. The fourth-order valence-electron chi connectivity index (χ4n) is 3.36. The second-order valence-corrected chi connectivity index (χ2v) is 8.84. The van der Waals surface area contributed by atoms with Crippen LogP contribution >= 0.6 is 22.9 Å². The lowest BCUT2D eigenvalue weighted by Crippen LogP contribution is -2.12. The number of aromatic amines is 1. The molecule has 1 amide bonds. The first kappa shape index (κ1) is 23.7. The first-order valence-electron chi connectivity index (χ1n) is 11.0. The third-order valence-corrected chi connectivity index (χ3v) is 6.23. The highest BCUT2D eigenvalue weighted by molar-refractivity contribution is 7.14. The van der Waals surface area contributed by atoms with Crippen LogP contribution in [-0.2, 0) is 0 Å². The molecule has 0 aliphatic rings. The Morgan fingerprint density at radius 1 is 1.15 bits per heavy atom. The van der Waals surface area contributed by atoms with Gasteiger partial charge in [0.05, 0.1) is 10.6 Å². The van der Waals surface area contributed by atoms with Crippen molar-refractivity contribution in [2.24, 2.45) is 0 Å². The molecule has 4 rings (SSSR count). The first-order valence-corrected chi connectivity index (χ1v) is 12.2. The first-order chi connectivity index (χ1) is 16.7. The Bertz CT molecular complexity index is 1250. The van der Waals surface area contributed by atoms with Crippen LogP contribution in [0.3, 0.4) is 0 Å². The van der Waals surface area contributed by atoms with Crippen LogP contribution in [0.25, 0.3) is 21.8 Å². The number of rotatable bonds is 10. The number of carbonyl (C=O) groups excluding carboxylic acids is 1. The number of halogens is 1. The van der Waals surface area contributed by atoms with Gasteiger partial charge in [-0.3, -0.25) is 4.79 Å². The number of carbonyl (C=O) groups is 1. The average molecular weight is 494 g/mol. The van der Waals surface area contributed by atoms with Gasteiger partial charge in [0.15, 0.2) is 0 Å². The summed E-state index contributed by atoms with van der Waals surface area (Å²) in [6.07, 6.45) is 7.57. The predicted molar refractivity (Wildman–Crippen MR) is 136 cm³/mol. The van der Waals surface area contributed by atoms with Gasteiger partial charge in [0.25, 0.3) is 5.91 Å². The van der Waals surface area contributed by atoms with Crippen LogP contribution in [0.1, 0.15) is 36.5 Å². The number of benzene rings is 2. The van der Waals surface area contributed by atoms with E-state index in [-0.39, 0.29) is 5.91 Å². The summed E-state index contributed by atoms with van der Waals surface area (Å²) in [6, 6.07) is 14.4. The quantitative estimate of drug-likeness (QED) is 0.191. The maximum Gasteiger partial charge on any atom is 0.255 e. The van der Waals surface area contributed by atoms with Crippen LogP contribution in [0.5, 0.6) is 5.75 Å². The van der Waals surface area contributed by atoms with Crippen molar-refractivity contribution in [3.05, 3.63) is 76.6 Å². The number of allylic oxidation sites excluding steroid dienone is 1. The minimum absolute atomic E-state index is 0.245. The Hall–Kier alpha value is -3.49. The van der Waals surface area contributed by atoms with Crippen LogP contribution in [-0.4, -0.2) is 33.1 Å². The molecule has 174 valence electrons. The number of amides is 1. The second-order valence-electron chi connectivity index (χ2n) is 7.49. The predicted octanol–water partition coefficient (Wildman–Crippen LogP) is 6.63. The van der Waals surface area contributed by atoms with Gasteiger partial charge in [0, 0.05) is 21.7 Å². The van der Waals surface area contributed by atoms with Crippen molar-refractivity contribution in [2.45, 2.75) is 26.2 Å². The summed E-state index contributed by atoms with van der Waals surface area (Å²) < 4.78 is 5.72. The van der Waals surface area contributed by atoms with Gasteiger partial charge in [-0.05, 0) is 59.5 Å². The Balaban J connectivity index is 1.47. The molecule has 9 heteroatoms. The molecule has 2 heterocycles. The highest BCUT2D eigenvalue weighted by Gasteiger charge is 2.17. The molecule has 0 aliphatic carbocycles. The monoisotopic (exact) mass is 493 g/mol. The fourth-order valence-corrected chi connectivity index (χ4v) is 4.37. The molecule has 0 saturated carbocycles. The van der Waals surface area contributed by atoms with Crippen LogP contribution in [0, 0.1) is 0 Å². The fraction of sp³-hybridized carbons (Fsp3) is 0.200. The van der Waals surface area contributed by atoms with Crippen molar-refractivity contribution < 1.29 is 9.53 Å². The van der Waals surface area contributed by atoms with E-state index >= 15 is 0 Å². The zero-order valence-corrected chi connectivity index (χ0v) is 20.2.